The molecular weight excluding hydrogens is 378 g/mol. The summed E-state index contributed by atoms with van der Waals surface area (Å²) in [5.41, 5.74) is 0.726. The molecule has 24 heavy (non-hydrogen) atoms. The van der Waals surface area contributed by atoms with Crippen molar-refractivity contribution >= 4 is 27.8 Å². The quantitative estimate of drug-likeness (QED) is 0.341. The van der Waals surface area contributed by atoms with Crippen molar-refractivity contribution in [3.63, 3.8) is 0 Å². The van der Waals surface area contributed by atoms with Crippen LogP contribution in [-0.2, 0) is 19.1 Å². The predicted molar refractivity (Wildman–Crippen MR) is 91.8 cm³/mol. The first-order valence-electron chi connectivity index (χ1n) is 7.30. The molecule has 2 atom stereocenters. The van der Waals surface area contributed by atoms with E-state index in [9.17, 15) is 14.7 Å². The molecule has 0 bridgehead atoms. The van der Waals surface area contributed by atoms with Crippen LogP contribution in [0.25, 0.3) is 0 Å². The summed E-state index contributed by atoms with van der Waals surface area (Å²) in [6, 6.07) is 0. The summed E-state index contributed by atoms with van der Waals surface area (Å²) in [4.78, 5) is 26.3. The molecule has 2 aliphatic rings. The number of nitrogens with zero attached hydrogens (tertiary/aromatic N) is 1. The highest BCUT2D eigenvalue weighted by Crippen LogP contribution is 2.41. The van der Waals surface area contributed by atoms with Gasteiger partial charge in [-0.2, -0.15) is 0 Å². The van der Waals surface area contributed by atoms with E-state index in [1.807, 2.05) is 30.7 Å². The number of ether oxygens (including phenoxy) is 2. The van der Waals surface area contributed by atoms with E-state index in [1.54, 1.807) is 7.05 Å². The highest BCUT2D eigenvalue weighted by Gasteiger charge is 2.49. The number of aliphatic hydroxyl groups excluding tert-OH is 1. The van der Waals surface area contributed by atoms with E-state index < -0.39 is 17.8 Å². The number of rotatable bonds is 4. The van der Waals surface area contributed by atoms with E-state index in [4.69, 9.17) is 9.47 Å². The highest BCUT2D eigenvalue weighted by atomic mass is 79.9. The molecule has 128 valence electrons. The van der Waals surface area contributed by atoms with Gasteiger partial charge in [-0.15, -0.1) is 0 Å². The lowest BCUT2D eigenvalue weighted by atomic mass is 9.86. The van der Waals surface area contributed by atoms with Gasteiger partial charge in [-0.3, -0.25) is 4.79 Å². The molecule has 0 unspecified atom stereocenters. The summed E-state index contributed by atoms with van der Waals surface area (Å²) >= 11 is 3.56. The molecule has 1 saturated heterocycles. The first-order chi connectivity index (χ1) is 11.4. The van der Waals surface area contributed by atoms with Crippen LogP contribution in [0.2, 0.25) is 0 Å². The molecule has 0 saturated carbocycles. The van der Waals surface area contributed by atoms with Crippen molar-refractivity contribution in [1.29, 1.82) is 0 Å². The Bertz CT molecular complexity index is 662. The van der Waals surface area contributed by atoms with Crippen LogP contribution in [0.1, 0.15) is 0 Å². The minimum absolute atomic E-state index is 0.174. The summed E-state index contributed by atoms with van der Waals surface area (Å²) in [6.07, 6.45) is 9.47. The molecule has 1 fully saturated rings. The fraction of sp³-hybridized carbons (Fsp3) is 0.353. The van der Waals surface area contributed by atoms with Crippen LogP contribution in [0.3, 0.4) is 0 Å². The molecule has 1 aliphatic heterocycles. The number of carbonyl (C=O) groups excluding carboxylic acids is 2. The number of carbonyl (C=O) groups is 2. The summed E-state index contributed by atoms with van der Waals surface area (Å²) in [7, 11) is 4.07. The number of aliphatic hydroxyl groups is 1. The van der Waals surface area contributed by atoms with Crippen molar-refractivity contribution < 1.29 is 24.2 Å². The lowest BCUT2D eigenvalue weighted by molar-refractivity contribution is -0.140. The fourth-order valence-corrected chi connectivity index (χ4v) is 3.50. The first kappa shape index (κ1) is 18.2. The van der Waals surface area contributed by atoms with E-state index in [2.05, 4.69) is 15.9 Å². The Hall–Kier alpha value is -2.15. The molecule has 6 nitrogen and oxygen atoms in total. The molecule has 7 heteroatoms. The Kier molecular flexibility index (Phi) is 5.77. The molecule has 1 aliphatic carbocycles. The molecule has 1 amide bonds. The zero-order valence-corrected chi connectivity index (χ0v) is 15.2. The van der Waals surface area contributed by atoms with Crippen LogP contribution in [0.4, 0.5) is 0 Å². The molecule has 0 aromatic carbocycles. The summed E-state index contributed by atoms with van der Waals surface area (Å²) in [5, 5.41) is 10.0. The average Bonchev–Trinajstić information content (AvgIpc) is 2.90. The maximum absolute atomic E-state index is 12.6. The van der Waals surface area contributed by atoms with Gasteiger partial charge in [0.2, 0.25) is 5.91 Å². The fourth-order valence-electron chi connectivity index (χ4n) is 2.83. The maximum atomic E-state index is 12.6. The van der Waals surface area contributed by atoms with Gasteiger partial charge in [0.25, 0.3) is 5.95 Å². The molecule has 0 aromatic rings. The van der Waals surface area contributed by atoms with Gasteiger partial charge in [0.1, 0.15) is 11.1 Å². The summed E-state index contributed by atoms with van der Waals surface area (Å²) < 4.78 is 10.3. The van der Waals surface area contributed by atoms with Crippen molar-refractivity contribution in [2.45, 2.75) is 0 Å². The molecule has 0 spiro atoms. The van der Waals surface area contributed by atoms with Gasteiger partial charge in [0, 0.05) is 60.2 Å². The van der Waals surface area contributed by atoms with Gasteiger partial charge in [-0.25, -0.2) is 4.79 Å². The normalized spacial score (nSPS) is 26.0. The van der Waals surface area contributed by atoms with Crippen molar-refractivity contribution in [2.24, 2.45) is 11.8 Å². The third-order valence-electron chi connectivity index (χ3n) is 4.03. The Morgan fingerprint density at radius 3 is 2.62 bits per heavy atom. The Labute approximate surface area is 149 Å². The maximum Gasteiger partial charge on any atom is 0.341 e. The lowest BCUT2D eigenvalue weighted by Crippen LogP contribution is -2.29. The number of hydrogen-bond acceptors (Lipinski definition) is 5. The second-order valence-corrected chi connectivity index (χ2v) is 6.29. The second-order valence-electron chi connectivity index (χ2n) is 5.43. The van der Waals surface area contributed by atoms with E-state index in [0.29, 0.717) is 6.54 Å². The number of halogens is 1. The van der Waals surface area contributed by atoms with Crippen LogP contribution in [0, 0.1) is 18.3 Å². The third-order valence-corrected chi connectivity index (χ3v) is 5.08. The Balaban J connectivity index is 2.51. The largest absolute Gasteiger partial charge is 0.481 e. The minimum Gasteiger partial charge on any atom is -0.481 e. The Morgan fingerprint density at radius 1 is 1.38 bits per heavy atom. The zero-order valence-electron chi connectivity index (χ0n) is 13.7. The second kappa shape index (κ2) is 7.61. The molecule has 0 aromatic heterocycles. The van der Waals surface area contributed by atoms with Gasteiger partial charge in [0.15, 0.2) is 0 Å². The van der Waals surface area contributed by atoms with Gasteiger partial charge < -0.3 is 19.5 Å². The van der Waals surface area contributed by atoms with Gasteiger partial charge >= 0.3 is 5.97 Å². The third kappa shape index (κ3) is 3.36. The van der Waals surface area contributed by atoms with Crippen LogP contribution < -0.4 is 0 Å². The minimum atomic E-state index is -0.892. The number of methoxy groups -OCH3 is 2. The van der Waals surface area contributed by atoms with Crippen LogP contribution in [-0.4, -0.2) is 49.7 Å². The lowest BCUT2D eigenvalue weighted by Gasteiger charge is -2.18. The van der Waals surface area contributed by atoms with Gasteiger partial charge in [-0.1, -0.05) is 0 Å². The van der Waals surface area contributed by atoms with Crippen LogP contribution in [0.15, 0.2) is 45.9 Å². The number of allylic oxidation sites excluding steroid dienone is 5. The van der Waals surface area contributed by atoms with Gasteiger partial charge in [-0.05, 0) is 0 Å². The van der Waals surface area contributed by atoms with Crippen molar-refractivity contribution in [3.8, 4) is 0 Å². The molecule has 1 heterocycles. The number of likely N-dealkylation sites (tertiary alicyclic amines) is 1. The van der Waals surface area contributed by atoms with Crippen LogP contribution in [0.5, 0.6) is 0 Å². The molecule has 0 radical (unpaired) electrons. The standard InChI is InChI=1S/C17H18BrNO5/c1-19-9-11(14(18)10-7-5-4-6-8-10)12(15(19)20)13(16(21)23-2)17(22)24-3/h4-8,11-12H,9H2,1-3H3/p+1/t11-,12+/m0/s1. The summed E-state index contributed by atoms with van der Waals surface area (Å²) in [5.74, 6) is -2.92. The monoisotopic (exact) mass is 396 g/mol. The van der Waals surface area contributed by atoms with E-state index in [-0.39, 0.29) is 17.4 Å². The SMILES string of the molecule is COC(=O)C(=C(O)OC)[C@@H]1C(=O)N(C)C[C@@H]1/C(Br)=C1\C=CC=C[CH+]1. The van der Waals surface area contributed by atoms with E-state index in [0.717, 1.165) is 10.1 Å². The summed E-state index contributed by atoms with van der Waals surface area (Å²) in [6.45, 7) is 0.399. The number of hydrogen-bond donors (Lipinski definition) is 1. The van der Waals surface area contributed by atoms with Crippen molar-refractivity contribution in [1.82, 2.24) is 4.90 Å². The average molecular weight is 397 g/mol. The molecule has 2 rings (SSSR count). The zero-order chi connectivity index (χ0) is 17.9. The van der Waals surface area contributed by atoms with Crippen LogP contribution >= 0.6 is 15.9 Å². The molecule has 1 N–H and O–H groups in total. The van der Waals surface area contributed by atoms with Gasteiger partial charge in [0.05, 0.1) is 30.5 Å². The first-order valence-corrected chi connectivity index (χ1v) is 8.09. The number of esters is 1. The topological polar surface area (TPSA) is 76.1 Å². The molecular formula is C17H19BrNO5+. The number of amides is 1. The smallest absolute Gasteiger partial charge is 0.341 e. The van der Waals surface area contributed by atoms with Crippen molar-refractivity contribution in [2.75, 3.05) is 27.8 Å². The highest BCUT2D eigenvalue weighted by molar-refractivity contribution is 9.11. The predicted octanol–water partition coefficient (Wildman–Crippen LogP) is 2.26. The van der Waals surface area contributed by atoms with E-state index >= 15 is 0 Å². The Morgan fingerprint density at radius 2 is 2.08 bits per heavy atom. The van der Waals surface area contributed by atoms with Crippen molar-refractivity contribution in [3.05, 3.63) is 52.3 Å². The van der Waals surface area contributed by atoms with E-state index in [1.165, 1.54) is 19.1 Å².